The zero-order valence-corrected chi connectivity index (χ0v) is 17.2. The van der Waals surface area contributed by atoms with Crippen LogP contribution >= 0.6 is 15.9 Å². The van der Waals surface area contributed by atoms with Gasteiger partial charge in [-0.05, 0) is 42.3 Å². The average Bonchev–Trinajstić information content (AvgIpc) is 3.07. The standard InChI is InChI=1S/C21H18BrN3O3/c1-10-6-13-16(25-10)5-4-11-19(14(9-23)21(24)28-20(11)13)12-7-17(26-2)18(27-3)8-15(12)22/h4-8,19-20H,24H2,1-3H3. The van der Waals surface area contributed by atoms with Crippen LogP contribution in [0.15, 0.2) is 68.1 Å². The van der Waals surface area contributed by atoms with Gasteiger partial charge in [-0.1, -0.05) is 22.0 Å². The highest BCUT2D eigenvalue weighted by molar-refractivity contribution is 9.10. The third kappa shape index (κ3) is 2.72. The van der Waals surface area contributed by atoms with Gasteiger partial charge in [0.1, 0.15) is 17.7 Å². The zero-order chi connectivity index (χ0) is 20.0. The summed E-state index contributed by atoms with van der Waals surface area (Å²) in [6.45, 7) is 1.94. The number of ether oxygens (including phenoxy) is 3. The molecule has 0 saturated heterocycles. The second kappa shape index (κ2) is 6.88. The van der Waals surface area contributed by atoms with Crippen LogP contribution in [0.5, 0.6) is 11.5 Å². The zero-order valence-electron chi connectivity index (χ0n) is 15.6. The molecule has 0 amide bonds. The van der Waals surface area contributed by atoms with Gasteiger partial charge in [-0.2, -0.15) is 5.26 Å². The van der Waals surface area contributed by atoms with E-state index in [0.717, 1.165) is 32.6 Å². The average molecular weight is 440 g/mol. The van der Waals surface area contributed by atoms with Crippen LogP contribution in [0.2, 0.25) is 0 Å². The molecule has 6 nitrogen and oxygen atoms in total. The monoisotopic (exact) mass is 439 g/mol. The highest BCUT2D eigenvalue weighted by Crippen LogP contribution is 2.49. The van der Waals surface area contributed by atoms with Crippen LogP contribution in [0.4, 0.5) is 0 Å². The third-order valence-electron chi connectivity index (χ3n) is 5.04. The van der Waals surface area contributed by atoms with E-state index >= 15 is 0 Å². The van der Waals surface area contributed by atoms with E-state index in [9.17, 15) is 5.26 Å². The van der Waals surface area contributed by atoms with Gasteiger partial charge in [-0.25, -0.2) is 0 Å². The lowest BCUT2D eigenvalue weighted by Crippen LogP contribution is -2.33. The minimum Gasteiger partial charge on any atom is -0.493 e. The van der Waals surface area contributed by atoms with Gasteiger partial charge < -0.3 is 19.9 Å². The molecule has 4 rings (SSSR count). The Morgan fingerprint density at radius 3 is 2.61 bits per heavy atom. The molecule has 2 heterocycles. The highest BCUT2D eigenvalue weighted by Gasteiger charge is 2.41. The number of hydrogen-bond donors (Lipinski definition) is 1. The lowest BCUT2D eigenvalue weighted by molar-refractivity contribution is 0.151. The predicted molar refractivity (Wildman–Crippen MR) is 109 cm³/mol. The summed E-state index contributed by atoms with van der Waals surface area (Å²) in [5.41, 5.74) is 11.1. The highest BCUT2D eigenvalue weighted by atomic mass is 79.9. The Labute approximate surface area is 171 Å². The van der Waals surface area contributed by atoms with Gasteiger partial charge in [0.15, 0.2) is 17.4 Å². The minimum absolute atomic E-state index is 0.128. The van der Waals surface area contributed by atoms with Crippen molar-refractivity contribution in [3.63, 3.8) is 0 Å². The van der Waals surface area contributed by atoms with Crippen LogP contribution in [-0.2, 0) is 4.74 Å². The van der Waals surface area contributed by atoms with E-state index in [4.69, 9.17) is 19.9 Å². The Hall–Kier alpha value is -2.98. The van der Waals surface area contributed by atoms with Crippen molar-refractivity contribution in [3.05, 3.63) is 68.7 Å². The first-order valence-electron chi connectivity index (χ1n) is 8.65. The maximum atomic E-state index is 9.81. The Balaban J connectivity index is 1.91. The molecule has 28 heavy (non-hydrogen) atoms. The molecule has 2 atom stereocenters. The summed E-state index contributed by atoms with van der Waals surface area (Å²) in [6, 6.07) is 5.92. The number of nitrogens with zero attached hydrogens (tertiary/aromatic N) is 2. The van der Waals surface area contributed by atoms with E-state index in [-0.39, 0.29) is 17.9 Å². The molecule has 142 valence electrons. The van der Waals surface area contributed by atoms with Crippen molar-refractivity contribution in [2.75, 3.05) is 14.2 Å². The summed E-state index contributed by atoms with van der Waals surface area (Å²) >= 11 is 3.62. The number of methoxy groups -OCH3 is 2. The molecular weight excluding hydrogens is 422 g/mol. The fourth-order valence-electron chi connectivity index (χ4n) is 3.80. The molecule has 0 spiro atoms. The number of aliphatic imine (C=N–C) groups is 1. The molecule has 0 aromatic heterocycles. The summed E-state index contributed by atoms with van der Waals surface area (Å²) in [6.07, 6.45) is 5.53. The molecule has 1 aromatic rings. The Bertz CT molecular complexity index is 1070. The SMILES string of the molecule is COc1cc(Br)c(C2C3=CC=C4N=C(C)C=C4C3OC(N)=C2C#N)cc1OC. The number of halogens is 1. The lowest BCUT2D eigenvalue weighted by Gasteiger charge is -2.36. The van der Waals surface area contributed by atoms with Crippen LogP contribution in [0.25, 0.3) is 0 Å². The molecule has 1 aromatic carbocycles. The van der Waals surface area contributed by atoms with Crippen molar-refractivity contribution in [2.45, 2.75) is 18.9 Å². The first-order valence-corrected chi connectivity index (χ1v) is 9.44. The van der Waals surface area contributed by atoms with E-state index in [1.165, 1.54) is 0 Å². The normalized spacial score (nSPS) is 22.7. The second-order valence-electron chi connectivity index (χ2n) is 6.62. The lowest BCUT2D eigenvalue weighted by atomic mass is 9.76. The molecule has 0 saturated carbocycles. The summed E-state index contributed by atoms with van der Waals surface area (Å²) in [5, 5.41) is 9.81. The molecule has 1 aliphatic carbocycles. The molecular formula is C21H18BrN3O3. The number of nitriles is 1. The van der Waals surface area contributed by atoms with E-state index in [1.807, 2.05) is 37.3 Å². The predicted octanol–water partition coefficient (Wildman–Crippen LogP) is 3.87. The van der Waals surface area contributed by atoms with Crippen LogP contribution in [0.1, 0.15) is 18.4 Å². The topological polar surface area (TPSA) is 89.9 Å². The third-order valence-corrected chi connectivity index (χ3v) is 5.73. The number of rotatable bonds is 3. The molecule has 2 aliphatic heterocycles. The minimum atomic E-state index is -0.386. The Morgan fingerprint density at radius 2 is 1.93 bits per heavy atom. The van der Waals surface area contributed by atoms with Gasteiger partial charge >= 0.3 is 0 Å². The van der Waals surface area contributed by atoms with Crippen molar-refractivity contribution < 1.29 is 14.2 Å². The second-order valence-corrected chi connectivity index (χ2v) is 7.48. The Morgan fingerprint density at radius 1 is 1.21 bits per heavy atom. The molecule has 3 aliphatic rings. The summed E-state index contributed by atoms with van der Waals surface area (Å²) in [4.78, 5) is 4.52. The van der Waals surface area contributed by atoms with Gasteiger partial charge in [-0.15, -0.1) is 0 Å². The van der Waals surface area contributed by atoms with E-state index in [2.05, 4.69) is 27.0 Å². The van der Waals surface area contributed by atoms with Crippen molar-refractivity contribution in [1.82, 2.24) is 0 Å². The van der Waals surface area contributed by atoms with Crippen molar-refractivity contribution in [3.8, 4) is 17.6 Å². The van der Waals surface area contributed by atoms with Crippen LogP contribution in [0, 0.1) is 11.3 Å². The quantitative estimate of drug-likeness (QED) is 0.771. The van der Waals surface area contributed by atoms with Crippen molar-refractivity contribution in [1.29, 1.82) is 5.26 Å². The molecule has 2 N–H and O–H groups in total. The number of nitrogens with two attached hydrogens (primary N) is 1. The van der Waals surface area contributed by atoms with Crippen LogP contribution < -0.4 is 15.2 Å². The smallest absolute Gasteiger partial charge is 0.200 e. The first kappa shape index (κ1) is 18.4. The van der Waals surface area contributed by atoms with Gasteiger partial charge in [0, 0.05) is 15.8 Å². The number of allylic oxidation sites excluding steroid dienone is 4. The molecule has 0 bridgehead atoms. The summed E-state index contributed by atoms with van der Waals surface area (Å²) in [7, 11) is 3.16. The molecule has 2 unspecified atom stereocenters. The van der Waals surface area contributed by atoms with Crippen molar-refractivity contribution in [2.24, 2.45) is 10.7 Å². The first-order chi connectivity index (χ1) is 13.5. The molecule has 7 heteroatoms. The summed E-state index contributed by atoms with van der Waals surface area (Å²) in [5.74, 6) is 0.923. The number of hydrogen-bond acceptors (Lipinski definition) is 6. The Kier molecular flexibility index (Phi) is 4.52. The largest absolute Gasteiger partial charge is 0.493 e. The van der Waals surface area contributed by atoms with Crippen LogP contribution in [-0.4, -0.2) is 26.0 Å². The van der Waals surface area contributed by atoms with Crippen molar-refractivity contribution >= 4 is 21.6 Å². The van der Waals surface area contributed by atoms with Crippen LogP contribution in [0.3, 0.4) is 0 Å². The van der Waals surface area contributed by atoms with Gasteiger partial charge in [0.05, 0.1) is 25.8 Å². The molecule has 0 radical (unpaired) electrons. The van der Waals surface area contributed by atoms with E-state index in [0.29, 0.717) is 17.1 Å². The van der Waals surface area contributed by atoms with E-state index in [1.54, 1.807) is 14.2 Å². The van der Waals surface area contributed by atoms with Gasteiger partial charge in [0.25, 0.3) is 0 Å². The fourth-order valence-corrected chi connectivity index (χ4v) is 4.35. The maximum Gasteiger partial charge on any atom is 0.200 e. The number of fused-ring (bicyclic) bond motifs is 3. The summed E-state index contributed by atoms with van der Waals surface area (Å²) < 4.78 is 17.6. The number of benzene rings is 1. The van der Waals surface area contributed by atoms with Gasteiger partial charge in [-0.3, -0.25) is 4.99 Å². The molecule has 0 fully saturated rings. The van der Waals surface area contributed by atoms with E-state index < -0.39 is 0 Å². The maximum absolute atomic E-state index is 9.81. The van der Waals surface area contributed by atoms with Gasteiger partial charge in [0.2, 0.25) is 0 Å². The fraction of sp³-hybridized carbons (Fsp3) is 0.238.